The maximum atomic E-state index is 11.6. The van der Waals surface area contributed by atoms with Gasteiger partial charge in [0.15, 0.2) is 0 Å². The molecule has 0 bridgehead atoms. The third-order valence-electron chi connectivity index (χ3n) is 2.88. The Morgan fingerprint density at radius 3 is 2.29 bits per heavy atom. The molecule has 0 N–H and O–H groups in total. The molecule has 2 rings (SSSR count). The minimum absolute atomic E-state index is 0.294. The van der Waals surface area contributed by atoms with E-state index in [1.54, 1.807) is 6.92 Å². The fourth-order valence-electron chi connectivity index (χ4n) is 1.88. The van der Waals surface area contributed by atoms with Crippen LogP contribution in [0.25, 0.3) is 6.08 Å². The number of rotatable bonds is 5. The third kappa shape index (κ3) is 4.80. The molecule has 2 aromatic rings. The molecular weight excluding hydrogens is 264 g/mol. The van der Waals surface area contributed by atoms with Crippen molar-refractivity contribution in [2.24, 2.45) is 0 Å². The minimum atomic E-state index is -0.663. The Hall–Kier alpha value is -2.55. The predicted octanol–water partition coefficient (Wildman–Crippen LogP) is 4.61. The summed E-state index contributed by atoms with van der Waals surface area (Å²) in [6.07, 6.45) is 2.65. The summed E-state index contributed by atoms with van der Waals surface area (Å²) < 4.78 is 10.2. The molecule has 3 heteroatoms. The molecule has 0 saturated carbocycles. The van der Waals surface area contributed by atoms with E-state index in [0.717, 1.165) is 11.1 Å². The van der Waals surface area contributed by atoms with Crippen molar-refractivity contribution in [3.05, 3.63) is 77.9 Å². The van der Waals surface area contributed by atoms with E-state index < -0.39 is 12.3 Å². The molecule has 0 amide bonds. The molecule has 1 atom stereocenters. The number of benzene rings is 2. The van der Waals surface area contributed by atoms with Crippen LogP contribution in [0, 0.1) is 0 Å². The zero-order valence-electron chi connectivity index (χ0n) is 11.9. The van der Waals surface area contributed by atoms with Gasteiger partial charge in [-0.3, -0.25) is 0 Å². The highest BCUT2D eigenvalue weighted by Crippen LogP contribution is 2.20. The largest absolute Gasteiger partial charge is 0.509 e. The van der Waals surface area contributed by atoms with Crippen LogP contribution in [0.4, 0.5) is 4.79 Å². The molecule has 0 fully saturated rings. The fourth-order valence-corrected chi connectivity index (χ4v) is 1.88. The molecule has 21 heavy (non-hydrogen) atoms. The molecule has 0 aliphatic carbocycles. The fraction of sp³-hybridized carbons (Fsp3) is 0.167. The first-order valence-corrected chi connectivity index (χ1v) is 6.91. The van der Waals surface area contributed by atoms with Crippen LogP contribution in [0.1, 0.15) is 24.2 Å². The zero-order valence-corrected chi connectivity index (χ0v) is 11.9. The van der Waals surface area contributed by atoms with Crippen LogP contribution in [0.2, 0.25) is 0 Å². The van der Waals surface area contributed by atoms with E-state index in [4.69, 9.17) is 9.47 Å². The van der Waals surface area contributed by atoms with Gasteiger partial charge in [0.2, 0.25) is 0 Å². The highest BCUT2D eigenvalue weighted by atomic mass is 16.7. The van der Waals surface area contributed by atoms with Crippen molar-refractivity contribution >= 4 is 12.2 Å². The molecule has 0 saturated heterocycles. The van der Waals surface area contributed by atoms with E-state index >= 15 is 0 Å². The number of hydrogen-bond acceptors (Lipinski definition) is 3. The number of carbonyl (C=O) groups excluding carboxylic acids is 1. The van der Waals surface area contributed by atoms with Crippen LogP contribution in [-0.2, 0) is 9.47 Å². The molecule has 0 aliphatic rings. The summed E-state index contributed by atoms with van der Waals surface area (Å²) in [7, 11) is 0. The molecule has 2 aromatic carbocycles. The van der Waals surface area contributed by atoms with E-state index in [-0.39, 0.29) is 0 Å². The van der Waals surface area contributed by atoms with Crippen LogP contribution < -0.4 is 0 Å². The Bertz CT molecular complexity index is 576. The second kappa shape index (κ2) is 7.90. The average molecular weight is 282 g/mol. The summed E-state index contributed by atoms with van der Waals surface area (Å²) in [5.74, 6) is 0. The average Bonchev–Trinajstić information content (AvgIpc) is 2.53. The van der Waals surface area contributed by atoms with Crippen molar-refractivity contribution in [1.29, 1.82) is 0 Å². The maximum absolute atomic E-state index is 11.6. The van der Waals surface area contributed by atoms with Gasteiger partial charge in [-0.15, -0.1) is 0 Å². The van der Waals surface area contributed by atoms with Crippen molar-refractivity contribution in [2.45, 2.75) is 13.0 Å². The second-order valence-electron chi connectivity index (χ2n) is 4.40. The maximum Gasteiger partial charge on any atom is 0.509 e. The Morgan fingerprint density at radius 2 is 1.67 bits per heavy atom. The highest BCUT2D eigenvalue weighted by Gasteiger charge is 2.14. The monoisotopic (exact) mass is 282 g/mol. The van der Waals surface area contributed by atoms with Gasteiger partial charge in [0.1, 0.15) is 6.10 Å². The first kappa shape index (κ1) is 14.9. The molecule has 3 nitrogen and oxygen atoms in total. The molecule has 0 aromatic heterocycles. The summed E-state index contributed by atoms with van der Waals surface area (Å²) in [6, 6.07) is 19.4. The van der Waals surface area contributed by atoms with Crippen LogP contribution in [-0.4, -0.2) is 12.8 Å². The summed E-state index contributed by atoms with van der Waals surface area (Å²) in [4.78, 5) is 11.6. The van der Waals surface area contributed by atoms with Gasteiger partial charge < -0.3 is 9.47 Å². The summed E-state index contributed by atoms with van der Waals surface area (Å²) in [5.41, 5.74) is 1.95. The molecule has 0 spiro atoms. The molecular formula is C18H18O3. The molecule has 0 radical (unpaired) electrons. The molecule has 0 aliphatic heterocycles. The lowest BCUT2D eigenvalue weighted by Crippen LogP contribution is -2.11. The van der Waals surface area contributed by atoms with Gasteiger partial charge in [-0.05, 0) is 24.1 Å². The van der Waals surface area contributed by atoms with Crippen molar-refractivity contribution in [1.82, 2.24) is 0 Å². The van der Waals surface area contributed by atoms with Gasteiger partial charge in [-0.25, -0.2) is 4.79 Å². The van der Waals surface area contributed by atoms with E-state index in [1.165, 1.54) is 0 Å². The lowest BCUT2D eigenvalue weighted by molar-refractivity contribution is 0.0403. The summed E-state index contributed by atoms with van der Waals surface area (Å²) in [5, 5.41) is 0. The Kier molecular flexibility index (Phi) is 5.59. The van der Waals surface area contributed by atoms with Crippen molar-refractivity contribution in [3.8, 4) is 0 Å². The van der Waals surface area contributed by atoms with Crippen LogP contribution in [0.5, 0.6) is 0 Å². The smallest absolute Gasteiger partial charge is 0.435 e. The third-order valence-corrected chi connectivity index (χ3v) is 2.88. The minimum Gasteiger partial charge on any atom is -0.435 e. The quantitative estimate of drug-likeness (QED) is 0.751. The van der Waals surface area contributed by atoms with Crippen molar-refractivity contribution < 1.29 is 14.3 Å². The van der Waals surface area contributed by atoms with Crippen molar-refractivity contribution in [3.63, 3.8) is 0 Å². The summed E-state index contributed by atoms with van der Waals surface area (Å²) in [6.45, 7) is 2.04. The molecule has 108 valence electrons. The molecule has 0 heterocycles. The standard InChI is InChI=1S/C18H18O3/c1-2-20-18(19)21-17(16-11-7-4-8-12-16)14-13-15-9-5-3-6-10-15/h3-14,17H,2H2,1H3/b14-13+/t17-/m1/s1. The Morgan fingerprint density at radius 1 is 1.05 bits per heavy atom. The lowest BCUT2D eigenvalue weighted by Gasteiger charge is -2.14. The van der Waals surface area contributed by atoms with Gasteiger partial charge in [-0.1, -0.05) is 66.7 Å². The van der Waals surface area contributed by atoms with Crippen molar-refractivity contribution in [2.75, 3.05) is 6.61 Å². The van der Waals surface area contributed by atoms with E-state index in [2.05, 4.69) is 0 Å². The zero-order chi connectivity index (χ0) is 14.9. The number of hydrogen-bond donors (Lipinski definition) is 0. The van der Waals surface area contributed by atoms with Crippen LogP contribution >= 0.6 is 0 Å². The van der Waals surface area contributed by atoms with Gasteiger partial charge in [0, 0.05) is 0 Å². The van der Waals surface area contributed by atoms with E-state index in [1.807, 2.05) is 72.8 Å². The first-order chi connectivity index (χ1) is 10.3. The highest BCUT2D eigenvalue weighted by molar-refractivity contribution is 5.61. The first-order valence-electron chi connectivity index (χ1n) is 6.91. The SMILES string of the molecule is CCOC(=O)O[C@H](/C=C/c1ccccc1)c1ccccc1. The van der Waals surface area contributed by atoms with Gasteiger partial charge in [0.05, 0.1) is 6.61 Å². The van der Waals surface area contributed by atoms with E-state index in [0.29, 0.717) is 6.61 Å². The lowest BCUT2D eigenvalue weighted by atomic mass is 10.1. The Labute approximate surface area is 124 Å². The van der Waals surface area contributed by atoms with Crippen LogP contribution in [0.15, 0.2) is 66.7 Å². The molecule has 0 unspecified atom stereocenters. The van der Waals surface area contributed by atoms with Crippen LogP contribution in [0.3, 0.4) is 0 Å². The summed E-state index contributed by atoms with van der Waals surface area (Å²) >= 11 is 0. The number of ether oxygens (including phenoxy) is 2. The van der Waals surface area contributed by atoms with Gasteiger partial charge in [0.25, 0.3) is 0 Å². The van der Waals surface area contributed by atoms with Gasteiger partial charge in [-0.2, -0.15) is 0 Å². The van der Waals surface area contributed by atoms with Gasteiger partial charge >= 0.3 is 6.16 Å². The Balaban J connectivity index is 2.16. The number of carbonyl (C=O) groups is 1. The predicted molar refractivity (Wildman–Crippen MR) is 82.8 cm³/mol. The normalized spacial score (nSPS) is 12.0. The second-order valence-corrected chi connectivity index (χ2v) is 4.40. The van der Waals surface area contributed by atoms with E-state index in [9.17, 15) is 4.79 Å². The topological polar surface area (TPSA) is 35.5 Å².